The van der Waals surface area contributed by atoms with Gasteiger partial charge in [0.25, 0.3) is 0 Å². The third-order valence-corrected chi connectivity index (χ3v) is 4.12. The van der Waals surface area contributed by atoms with Crippen LogP contribution in [-0.4, -0.2) is 61.4 Å². The molecule has 2 amide bonds. The van der Waals surface area contributed by atoms with Crippen molar-refractivity contribution in [1.82, 2.24) is 15.1 Å². The smallest absolute Gasteiger partial charge is 0.244 e. The van der Waals surface area contributed by atoms with Crippen molar-refractivity contribution in [3.05, 3.63) is 0 Å². The Morgan fingerprint density at radius 2 is 2.11 bits per heavy atom. The Hall–Kier alpha value is -1.10. The van der Waals surface area contributed by atoms with Gasteiger partial charge in [-0.2, -0.15) is 0 Å². The first-order valence-corrected chi connectivity index (χ1v) is 6.69. The van der Waals surface area contributed by atoms with E-state index in [1.165, 1.54) is 0 Å². The summed E-state index contributed by atoms with van der Waals surface area (Å²) in [5.74, 6) is 0.195. The molecule has 1 N–H and O–H groups in total. The predicted molar refractivity (Wildman–Crippen MR) is 69.0 cm³/mol. The topological polar surface area (TPSA) is 52.7 Å². The molecule has 0 radical (unpaired) electrons. The third kappa shape index (κ3) is 2.23. The average Bonchev–Trinajstić information content (AvgIpc) is 2.96. The fourth-order valence-corrected chi connectivity index (χ4v) is 2.91. The first-order chi connectivity index (χ1) is 8.46. The zero-order valence-electron chi connectivity index (χ0n) is 11.5. The van der Waals surface area contributed by atoms with Gasteiger partial charge in [0.15, 0.2) is 0 Å². The van der Waals surface area contributed by atoms with Crippen molar-refractivity contribution in [3.63, 3.8) is 0 Å². The minimum Gasteiger partial charge on any atom is -0.347 e. The van der Waals surface area contributed by atoms with E-state index in [1.807, 2.05) is 6.92 Å². The number of nitrogens with zero attached hydrogens (tertiary/aromatic N) is 2. The molecule has 5 nitrogen and oxygen atoms in total. The van der Waals surface area contributed by atoms with Gasteiger partial charge in [0.2, 0.25) is 11.8 Å². The summed E-state index contributed by atoms with van der Waals surface area (Å²) in [5, 5.41) is 3.24. The Morgan fingerprint density at radius 3 is 2.67 bits per heavy atom. The van der Waals surface area contributed by atoms with E-state index < -0.39 is 0 Å². The third-order valence-electron chi connectivity index (χ3n) is 4.12. The molecule has 18 heavy (non-hydrogen) atoms. The number of likely N-dealkylation sites (tertiary alicyclic amines) is 1. The summed E-state index contributed by atoms with van der Waals surface area (Å²) in [6.07, 6.45) is 2.59. The molecule has 0 aromatic rings. The van der Waals surface area contributed by atoms with Crippen LogP contribution in [-0.2, 0) is 9.59 Å². The van der Waals surface area contributed by atoms with Crippen LogP contribution in [0.15, 0.2) is 0 Å². The maximum Gasteiger partial charge on any atom is 0.244 e. The Kier molecular flexibility index (Phi) is 3.61. The molecule has 102 valence electrons. The fraction of sp³-hybridized carbons (Fsp3) is 0.846. The van der Waals surface area contributed by atoms with Crippen LogP contribution in [0, 0.1) is 5.41 Å². The quantitative estimate of drug-likeness (QED) is 0.757. The average molecular weight is 253 g/mol. The van der Waals surface area contributed by atoms with Crippen molar-refractivity contribution in [2.75, 3.05) is 33.7 Å². The Labute approximate surface area is 108 Å². The normalized spacial score (nSPS) is 31.7. The summed E-state index contributed by atoms with van der Waals surface area (Å²) in [4.78, 5) is 28.1. The van der Waals surface area contributed by atoms with E-state index in [-0.39, 0.29) is 23.3 Å². The molecule has 2 atom stereocenters. The highest BCUT2D eigenvalue weighted by atomic mass is 16.2. The number of carbonyl (C=O) groups is 2. The van der Waals surface area contributed by atoms with Crippen molar-refractivity contribution >= 4 is 11.8 Å². The first-order valence-electron chi connectivity index (χ1n) is 6.69. The molecule has 0 aromatic heterocycles. The van der Waals surface area contributed by atoms with Gasteiger partial charge in [0.1, 0.15) is 6.04 Å². The number of hydrogen-bond acceptors (Lipinski definition) is 3. The van der Waals surface area contributed by atoms with Crippen LogP contribution in [0.25, 0.3) is 0 Å². The Balaban J connectivity index is 2.12. The monoisotopic (exact) mass is 253 g/mol. The molecule has 2 unspecified atom stereocenters. The molecule has 2 fully saturated rings. The highest BCUT2D eigenvalue weighted by Gasteiger charge is 2.44. The van der Waals surface area contributed by atoms with Crippen molar-refractivity contribution in [2.24, 2.45) is 5.41 Å². The molecule has 0 aliphatic carbocycles. The molecule has 0 spiro atoms. The lowest BCUT2D eigenvalue weighted by Gasteiger charge is -2.32. The van der Waals surface area contributed by atoms with E-state index in [0.717, 1.165) is 38.9 Å². The molecule has 0 saturated carbocycles. The zero-order valence-corrected chi connectivity index (χ0v) is 11.5. The van der Waals surface area contributed by atoms with Gasteiger partial charge < -0.3 is 15.1 Å². The lowest BCUT2D eigenvalue weighted by Crippen LogP contribution is -2.50. The number of likely N-dealkylation sites (N-methyl/N-ethyl adjacent to an activating group) is 1. The van der Waals surface area contributed by atoms with Crippen LogP contribution in [0.2, 0.25) is 0 Å². The van der Waals surface area contributed by atoms with Crippen LogP contribution in [0.3, 0.4) is 0 Å². The number of carbonyl (C=O) groups excluding carboxylic acids is 2. The van der Waals surface area contributed by atoms with E-state index >= 15 is 0 Å². The zero-order chi connectivity index (χ0) is 13.3. The van der Waals surface area contributed by atoms with Gasteiger partial charge in [-0.25, -0.2) is 0 Å². The van der Waals surface area contributed by atoms with E-state index in [2.05, 4.69) is 5.32 Å². The highest BCUT2D eigenvalue weighted by molar-refractivity contribution is 5.90. The standard InChI is InChI=1S/C13H23N3O2/c1-13(6-7-14-9-13)12(18)16-8-4-5-10(16)11(17)15(2)3/h10,14H,4-9H2,1-3H3. The molecule has 2 rings (SSSR count). The van der Waals surface area contributed by atoms with Gasteiger partial charge in [0, 0.05) is 27.2 Å². The first kappa shape index (κ1) is 13.3. The summed E-state index contributed by atoms with van der Waals surface area (Å²) in [7, 11) is 3.50. The van der Waals surface area contributed by atoms with Gasteiger partial charge in [-0.05, 0) is 32.7 Å². The van der Waals surface area contributed by atoms with Crippen LogP contribution < -0.4 is 5.32 Å². The predicted octanol–water partition coefficient (Wildman–Crippen LogP) is 0.0652. The van der Waals surface area contributed by atoms with Gasteiger partial charge in [-0.3, -0.25) is 9.59 Å². The second-order valence-electron chi connectivity index (χ2n) is 5.88. The minimum absolute atomic E-state index is 0.0513. The molecular weight excluding hydrogens is 230 g/mol. The molecule has 0 aromatic carbocycles. The summed E-state index contributed by atoms with van der Waals surface area (Å²) < 4.78 is 0. The molecule has 2 heterocycles. The lowest BCUT2D eigenvalue weighted by atomic mass is 9.88. The molecule has 2 aliphatic heterocycles. The van der Waals surface area contributed by atoms with E-state index in [0.29, 0.717) is 0 Å². The van der Waals surface area contributed by atoms with Crippen molar-refractivity contribution in [3.8, 4) is 0 Å². The largest absolute Gasteiger partial charge is 0.347 e. The Bertz CT molecular complexity index is 348. The van der Waals surface area contributed by atoms with Gasteiger partial charge in [0.05, 0.1) is 5.41 Å². The van der Waals surface area contributed by atoms with Crippen molar-refractivity contribution in [1.29, 1.82) is 0 Å². The minimum atomic E-state index is -0.324. The van der Waals surface area contributed by atoms with E-state index in [1.54, 1.807) is 23.9 Å². The van der Waals surface area contributed by atoms with E-state index in [4.69, 9.17) is 0 Å². The maximum absolute atomic E-state index is 12.6. The summed E-state index contributed by atoms with van der Waals surface area (Å²) in [6, 6.07) is -0.245. The van der Waals surface area contributed by atoms with Crippen molar-refractivity contribution in [2.45, 2.75) is 32.2 Å². The van der Waals surface area contributed by atoms with E-state index in [9.17, 15) is 9.59 Å². The summed E-state index contributed by atoms with van der Waals surface area (Å²) in [6.45, 7) is 4.34. The molecule has 5 heteroatoms. The van der Waals surface area contributed by atoms with Crippen LogP contribution >= 0.6 is 0 Å². The SMILES string of the molecule is CN(C)C(=O)C1CCCN1C(=O)C1(C)CCNC1. The number of hydrogen-bond donors (Lipinski definition) is 1. The summed E-state index contributed by atoms with van der Waals surface area (Å²) >= 11 is 0. The van der Waals surface area contributed by atoms with Crippen LogP contribution in [0.1, 0.15) is 26.2 Å². The second-order valence-corrected chi connectivity index (χ2v) is 5.88. The lowest BCUT2D eigenvalue weighted by molar-refractivity contribution is -0.147. The van der Waals surface area contributed by atoms with Crippen LogP contribution in [0.5, 0.6) is 0 Å². The van der Waals surface area contributed by atoms with Crippen molar-refractivity contribution < 1.29 is 9.59 Å². The van der Waals surface area contributed by atoms with Gasteiger partial charge >= 0.3 is 0 Å². The van der Waals surface area contributed by atoms with Gasteiger partial charge in [-0.1, -0.05) is 0 Å². The second kappa shape index (κ2) is 4.88. The number of nitrogens with one attached hydrogen (secondary N) is 1. The van der Waals surface area contributed by atoms with Gasteiger partial charge in [-0.15, -0.1) is 0 Å². The maximum atomic E-state index is 12.6. The van der Waals surface area contributed by atoms with Crippen LogP contribution in [0.4, 0.5) is 0 Å². The Morgan fingerprint density at radius 1 is 1.39 bits per heavy atom. The molecule has 2 saturated heterocycles. The summed E-state index contributed by atoms with van der Waals surface area (Å²) in [5.41, 5.74) is -0.324. The fourth-order valence-electron chi connectivity index (χ4n) is 2.91. The number of amides is 2. The molecule has 2 aliphatic rings. The molecule has 0 bridgehead atoms. The molecular formula is C13H23N3O2. The highest BCUT2D eigenvalue weighted by Crippen LogP contribution is 2.31. The number of rotatable bonds is 2.